The Kier molecular flexibility index (Phi) is 5.64. The highest BCUT2D eigenvalue weighted by Gasteiger charge is 2.49. The molecule has 2 aliphatic rings. The predicted octanol–water partition coefficient (Wildman–Crippen LogP) is 2.73. The van der Waals surface area contributed by atoms with Gasteiger partial charge in [-0.15, -0.1) is 0 Å². The van der Waals surface area contributed by atoms with Gasteiger partial charge >= 0.3 is 0 Å². The van der Waals surface area contributed by atoms with Crippen molar-refractivity contribution in [2.45, 2.75) is 38.5 Å². The van der Waals surface area contributed by atoms with Gasteiger partial charge < -0.3 is 15.2 Å². The molecule has 5 nitrogen and oxygen atoms in total. The van der Waals surface area contributed by atoms with Gasteiger partial charge in [-0.05, 0) is 42.5 Å². The first-order valence-corrected chi connectivity index (χ1v) is 10.1. The Bertz CT molecular complexity index is 811. The lowest BCUT2D eigenvalue weighted by molar-refractivity contribution is -0.149. The Labute approximate surface area is 166 Å². The molecular formula is C23H28N2O3. The lowest BCUT2D eigenvalue weighted by Crippen LogP contribution is -2.61. The highest BCUT2D eigenvalue weighted by atomic mass is 16.5. The average molecular weight is 380 g/mol. The van der Waals surface area contributed by atoms with Crippen molar-refractivity contribution in [2.24, 2.45) is 5.41 Å². The van der Waals surface area contributed by atoms with Crippen LogP contribution in [0.15, 0.2) is 54.6 Å². The second-order valence-electron chi connectivity index (χ2n) is 7.95. The minimum absolute atomic E-state index is 0.0101. The van der Waals surface area contributed by atoms with Crippen molar-refractivity contribution >= 4 is 5.91 Å². The van der Waals surface area contributed by atoms with Gasteiger partial charge in [-0.25, -0.2) is 0 Å². The summed E-state index contributed by atoms with van der Waals surface area (Å²) in [5.74, 6) is 0.861. The standard InChI is InChI=1S/C23H28N2O3/c26-21-10-13-25(17-23(21)11-5-12-24-22(23)27)15-19-8-4-9-20(14-19)28-16-18-6-2-1-3-7-18/h1-4,6-9,14,21,26H,5,10-13,15-17H2,(H,24,27)/t21-,23-/m1/s1. The smallest absolute Gasteiger partial charge is 0.230 e. The number of hydrogen-bond donors (Lipinski definition) is 2. The summed E-state index contributed by atoms with van der Waals surface area (Å²) in [6.45, 7) is 3.42. The summed E-state index contributed by atoms with van der Waals surface area (Å²) in [5.41, 5.74) is 1.65. The minimum Gasteiger partial charge on any atom is -0.489 e. The molecule has 2 N–H and O–H groups in total. The van der Waals surface area contributed by atoms with Gasteiger partial charge in [0.15, 0.2) is 0 Å². The van der Waals surface area contributed by atoms with Crippen LogP contribution in [0.1, 0.15) is 30.4 Å². The Morgan fingerprint density at radius 1 is 1.14 bits per heavy atom. The summed E-state index contributed by atoms with van der Waals surface area (Å²) >= 11 is 0. The van der Waals surface area contributed by atoms with E-state index < -0.39 is 11.5 Å². The Balaban J connectivity index is 1.40. The molecule has 1 spiro atoms. The van der Waals surface area contributed by atoms with Crippen molar-refractivity contribution in [3.05, 3.63) is 65.7 Å². The van der Waals surface area contributed by atoms with E-state index in [9.17, 15) is 9.90 Å². The monoisotopic (exact) mass is 380 g/mol. The van der Waals surface area contributed by atoms with Gasteiger partial charge in [0, 0.05) is 26.2 Å². The van der Waals surface area contributed by atoms with Gasteiger partial charge in [0.2, 0.25) is 5.91 Å². The minimum atomic E-state index is -0.655. The van der Waals surface area contributed by atoms with E-state index in [2.05, 4.69) is 34.5 Å². The zero-order chi connectivity index (χ0) is 19.4. The fourth-order valence-corrected chi connectivity index (χ4v) is 4.40. The maximum Gasteiger partial charge on any atom is 0.230 e. The molecule has 148 valence electrons. The van der Waals surface area contributed by atoms with Gasteiger partial charge in [0.05, 0.1) is 11.5 Å². The number of rotatable bonds is 5. The number of amides is 1. The maximum absolute atomic E-state index is 12.5. The third kappa shape index (κ3) is 4.05. The van der Waals surface area contributed by atoms with Crippen molar-refractivity contribution in [2.75, 3.05) is 19.6 Å². The highest BCUT2D eigenvalue weighted by Crippen LogP contribution is 2.37. The second-order valence-corrected chi connectivity index (χ2v) is 7.95. The lowest BCUT2D eigenvalue weighted by Gasteiger charge is -2.47. The van der Waals surface area contributed by atoms with Crippen LogP contribution in [-0.4, -0.2) is 41.7 Å². The third-order valence-electron chi connectivity index (χ3n) is 5.95. The lowest BCUT2D eigenvalue weighted by atomic mass is 9.71. The fraction of sp³-hybridized carbons (Fsp3) is 0.435. The van der Waals surface area contributed by atoms with Crippen LogP contribution < -0.4 is 10.1 Å². The van der Waals surface area contributed by atoms with E-state index in [0.29, 0.717) is 26.1 Å². The van der Waals surface area contributed by atoms with Crippen molar-refractivity contribution in [3.63, 3.8) is 0 Å². The molecule has 5 heteroatoms. The van der Waals surface area contributed by atoms with E-state index in [-0.39, 0.29) is 5.91 Å². The van der Waals surface area contributed by atoms with Crippen LogP contribution in [0.3, 0.4) is 0 Å². The molecule has 0 aliphatic carbocycles. The van der Waals surface area contributed by atoms with Crippen molar-refractivity contribution < 1.29 is 14.6 Å². The number of aliphatic hydroxyl groups excluding tert-OH is 1. The predicted molar refractivity (Wildman–Crippen MR) is 108 cm³/mol. The molecule has 2 saturated heterocycles. The molecule has 4 rings (SSSR count). The van der Waals surface area contributed by atoms with Gasteiger partial charge in [-0.2, -0.15) is 0 Å². The first-order chi connectivity index (χ1) is 13.7. The molecule has 2 heterocycles. The average Bonchev–Trinajstić information content (AvgIpc) is 2.72. The molecule has 1 amide bonds. The molecule has 2 aromatic rings. The number of ether oxygens (including phenoxy) is 1. The molecule has 2 aliphatic heterocycles. The van der Waals surface area contributed by atoms with E-state index in [4.69, 9.17) is 4.74 Å². The van der Waals surface area contributed by atoms with Gasteiger partial charge in [0.1, 0.15) is 12.4 Å². The number of hydrogen-bond acceptors (Lipinski definition) is 4. The molecule has 2 atom stereocenters. The van der Waals surface area contributed by atoms with Crippen LogP contribution in [0.5, 0.6) is 5.75 Å². The zero-order valence-electron chi connectivity index (χ0n) is 16.1. The summed E-state index contributed by atoms with van der Waals surface area (Å²) in [6, 6.07) is 18.3. The number of carbonyl (C=O) groups is 1. The van der Waals surface area contributed by atoms with E-state index in [1.165, 1.54) is 0 Å². The number of nitrogens with one attached hydrogen (secondary N) is 1. The number of carbonyl (C=O) groups excluding carboxylic acids is 1. The van der Waals surface area contributed by atoms with Crippen LogP contribution in [0.2, 0.25) is 0 Å². The van der Waals surface area contributed by atoms with Gasteiger partial charge in [-0.3, -0.25) is 9.69 Å². The molecule has 2 fully saturated rings. The molecule has 28 heavy (non-hydrogen) atoms. The molecule has 0 aromatic heterocycles. The van der Waals surface area contributed by atoms with Gasteiger partial charge in [-0.1, -0.05) is 42.5 Å². The SMILES string of the molecule is O=C1NCCC[C@]12CN(Cc1cccc(OCc3ccccc3)c1)CC[C@H]2O. The first-order valence-electron chi connectivity index (χ1n) is 10.1. The quantitative estimate of drug-likeness (QED) is 0.837. The Morgan fingerprint density at radius 3 is 2.79 bits per heavy atom. The van der Waals surface area contributed by atoms with Crippen LogP contribution in [0.25, 0.3) is 0 Å². The number of piperidine rings is 2. The zero-order valence-corrected chi connectivity index (χ0v) is 16.1. The van der Waals surface area contributed by atoms with E-state index >= 15 is 0 Å². The van der Waals surface area contributed by atoms with E-state index in [0.717, 1.165) is 42.8 Å². The topological polar surface area (TPSA) is 61.8 Å². The van der Waals surface area contributed by atoms with Crippen molar-refractivity contribution in [1.82, 2.24) is 10.2 Å². The number of likely N-dealkylation sites (tertiary alicyclic amines) is 1. The normalized spacial score (nSPS) is 25.5. The first kappa shape index (κ1) is 19.0. The second kappa shape index (κ2) is 8.33. The highest BCUT2D eigenvalue weighted by molar-refractivity contribution is 5.84. The van der Waals surface area contributed by atoms with Gasteiger partial charge in [0.25, 0.3) is 0 Å². The van der Waals surface area contributed by atoms with Crippen LogP contribution in [-0.2, 0) is 17.9 Å². The Hall–Kier alpha value is -2.37. The van der Waals surface area contributed by atoms with Crippen LogP contribution in [0.4, 0.5) is 0 Å². The third-order valence-corrected chi connectivity index (χ3v) is 5.95. The summed E-state index contributed by atoms with van der Waals surface area (Å²) in [7, 11) is 0. The summed E-state index contributed by atoms with van der Waals surface area (Å²) < 4.78 is 5.94. The molecule has 0 bridgehead atoms. The van der Waals surface area contributed by atoms with E-state index in [1.54, 1.807) is 0 Å². The van der Waals surface area contributed by atoms with Crippen molar-refractivity contribution in [3.8, 4) is 5.75 Å². The summed E-state index contributed by atoms with van der Waals surface area (Å²) in [4.78, 5) is 14.8. The maximum atomic E-state index is 12.5. The molecule has 0 unspecified atom stereocenters. The molecule has 0 radical (unpaired) electrons. The van der Waals surface area contributed by atoms with Crippen LogP contribution in [0, 0.1) is 5.41 Å². The largest absolute Gasteiger partial charge is 0.489 e. The number of aliphatic hydroxyl groups is 1. The summed E-state index contributed by atoms with van der Waals surface area (Å²) in [6.07, 6.45) is 1.78. The Morgan fingerprint density at radius 2 is 1.96 bits per heavy atom. The van der Waals surface area contributed by atoms with Crippen LogP contribution >= 0.6 is 0 Å². The molecule has 0 saturated carbocycles. The molecule has 2 aromatic carbocycles. The number of nitrogens with zero attached hydrogens (tertiary/aromatic N) is 1. The van der Waals surface area contributed by atoms with Crippen molar-refractivity contribution in [1.29, 1.82) is 0 Å². The number of benzene rings is 2. The fourth-order valence-electron chi connectivity index (χ4n) is 4.40. The van der Waals surface area contributed by atoms with E-state index in [1.807, 2.05) is 30.3 Å². The summed E-state index contributed by atoms with van der Waals surface area (Å²) in [5, 5.41) is 13.5. The molecular weight excluding hydrogens is 352 g/mol.